The molecule has 30 heavy (non-hydrogen) atoms. The second-order valence-electron chi connectivity index (χ2n) is 7.05. The third kappa shape index (κ3) is 4.83. The second kappa shape index (κ2) is 9.21. The standard InChI is InChI=1S/C20H23FN8O/c1-12(2)17(18(22)28-19(30)15-10-27-29(11-15)6-5-21)13-3-4-16(24-7-13)14-8-25-20(23)26-9-14/h3-4,7-12,17H,5-6H2,1-2H3,(H2,22,28,30)(H2,23,25,26). The molecule has 0 fully saturated rings. The van der Waals surface area contributed by atoms with Crippen LogP contribution in [0.4, 0.5) is 10.3 Å². The summed E-state index contributed by atoms with van der Waals surface area (Å²) >= 11 is 0. The van der Waals surface area contributed by atoms with Gasteiger partial charge in [-0.15, -0.1) is 0 Å². The highest BCUT2D eigenvalue weighted by molar-refractivity contribution is 6.04. The molecule has 1 atom stereocenters. The molecule has 3 aromatic heterocycles. The molecule has 156 valence electrons. The first kappa shape index (κ1) is 21.0. The molecule has 0 radical (unpaired) electrons. The van der Waals surface area contributed by atoms with Gasteiger partial charge in [-0.2, -0.15) is 10.1 Å². The lowest BCUT2D eigenvalue weighted by Gasteiger charge is -2.20. The first-order valence-electron chi connectivity index (χ1n) is 9.39. The Morgan fingerprint density at radius 1 is 1.17 bits per heavy atom. The van der Waals surface area contributed by atoms with Crippen LogP contribution in [0.2, 0.25) is 0 Å². The number of aliphatic imine (C=N–C) groups is 1. The van der Waals surface area contributed by atoms with E-state index < -0.39 is 12.6 Å². The van der Waals surface area contributed by atoms with E-state index in [0.717, 1.165) is 11.1 Å². The van der Waals surface area contributed by atoms with Gasteiger partial charge in [-0.1, -0.05) is 19.9 Å². The highest BCUT2D eigenvalue weighted by atomic mass is 19.1. The zero-order valence-corrected chi connectivity index (χ0v) is 16.7. The Balaban J connectivity index is 1.82. The lowest BCUT2D eigenvalue weighted by Crippen LogP contribution is -2.27. The summed E-state index contributed by atoms with van der Waals surface area (Å²) in [5, 5.41) is 3.93. The summed E-state index contributed by atoms with van der Waals surface area (Å²) in [6.07, 6.45) is 7.70. The van der Waals surface area contributed by atoms with E-state index >= 15 is 0 Å². The molecule has 0 saturated carbocycles. The number of anilines is 1. The molecular formula is C20H23FN8O. The fraction of sp³-hybridized carbons (Fsp3) is 0.300. The van der Waals surface area contributed by atoms with Gasteiger partial charge in [0.15, 0.2) is 0 Å². The van der Waals surface area contributed by atoms with Crippen LogP contribution in [0.3, 0.4) is 0 Å². The summed E-state index contributed by atoms with van der Waals surface area (Å²) < 4.78 is 13.8. The van der Waals surface area contributed by atoms with Gasteiger partial charge in [-0.05, 0) is 17.5 Å². The van der Waals surface area contributed by atoms with Gasteiger partial charge in [-0.3, -0.25) is 14.5 Å². The average molecular weight is 410 g/mol. The van der Waals surface area contributed by atoms with E-state index in [1.54, 1.807) is 18.6 Å². The van der Waals surface area contributed by atoms with Gasteiger partial charge in [0.1, 0.15) is 12.5 Å². The fourth-order valence-electron chi connectivity index (χ4n) is 3.06. The molecule has 0 aliphatic heterocycles. The van der Waals surface area contributed by atoms with Crippen molar-refractivity contribution in [3.05, 3.63) is 54.2 Å². The summed E-state index contributed by atoms with van der Waals surface area (Å²) in [6.45, 7) is 3.48. The summed E-state index contributed by atoms with van der Waals surface area (Å²) in [5.74, 6) is -0.382. The summed E-state index contributed by atoms with van der Waals surface area (Å²) in [6, 6.07) is 3.71. The van der Waals surface area contributed by atoms with Gasteiger partial charge in [0, 0.05) is 36.3 Å². The number of rotatable bonds is 7. The van der Waals surface area contributed by atoms with E-state index in [0.29, 0.717) is 5.69 Å². The highest BCUT2D eigenvalue weighted by Crippen LogP contribution is 2.26. The number of nitrogens with two attached hydrogens (primary N) is 2. The number of alkyl halides is 1. The predicted molar refractivity (Wildman–Crippen MR) is 111 cm³/mol. The Bertz CT molecular complexity index is 1030. The molecule has 3 rings (SSSR count). The Hall–Kier alpha value is -3.69. The minimum absolute atomic E-state index is 0.0725. The van der Waals surface area contributed by atoms with Crippen molar-refractivity contribution in [2.75, 3.05) is 12.4 Å². The van der Waals surface area contributed by atoms with Crippen LogP contribution in [0.5, 0.6) is 0 Å². The Morgan fingerprint density at radius 2 is 1.90 bits per heavy atom. The molecule has 0 aliphatic rings. The van der Waals surface area contributed by atoms with Crippen LogP contribution in [0.25, 0.3) is 11.3 Å². The molecule has 1 unspecified atom stereocenters. The van der Waals surface area contributed by atoms with Crippen molar-refractivity contribution in [1.29, 1.82) is 0 Å². The van der Waals surface area contributed by atoms with Crippen LogP contribution in [0.1, 0.15) is 35.7 Å². The van der Waals surface area contributed by atoms with E-state index in [1.165, 1.54) is 17.1 Å². The maximum Gasteiger partial charge on any atom is 0.281 e. The maximum absolute atomic E-state index is 12.4. The number of carbonyl (C=O) groups excluding carboxylic acids is 1. The lowest BCUT2D eigenvalue weighted by molar-refractivity contribution is 0.100. The van der Waals surface area contributed by atoms with Crippen molar-refractivity contribution in [1.82, 2.24) is 24.7 Å². The summed E-state index contributed by atoms with van der Waals surface area (Å²) in [4.78, 5) is 28.9. The zero-order chi connectivity index (χ0) is 21.7. The Kier molecular flexibility index (Phi) is 6.45. The molecule has 3 aromatic rings. The van der Waals surface area contributed by atoms with Crippen LogP contribution < -0.4 is 11.5 Å². The van der Waals surface area contributed by atoms with E-state index in [9.17, 15) is 9.18 Å². The van der Waals surface area contributed by atoms with Gasteiger partial charge in [0.25, 0.3) is 5.91 Å². The smallest absolute Gasteiger partial charge is 0.281 e. The summed E-state index contributed by atoms with van der Waals surface area (Å²) in [5.41, 5.74) is 14.2. The van der Waals surface area contributed by atoms with Gasteiger partial charge in [0.2, 0.25) is 5.95 Å². The van der Waals surface area contributed by atoms with Crippen LogP contribution in [-0.4, -0.2) is 43.1 Å². The molecule has 0 spiro atoms. The van der Waals surface area contributed by atoms with Gasteiger partial charge in [0.05, 0.1) is 24.0 Å². The highest BCUT2D eigenvalue weighted by Gasteiger charge is 2.22. The number of carbonyl (C=O) groups is 1. The quantitative estimate of drug-likeness (QED) is 0.450. The normalized spacial score (nSPS) is 12.9. The number of amides is 1. The van der Waals surface area contributed by atoms with Crippen molar-refractivity contribution >= 4 is 17.7 Å². The first-order valence-corrected chi connectivity index (χ1v) is 9.39. The number of amidine groups is 1. The van der Waals surface area contributed by atoms with Crippen LogP contribution in [0, 0.1) is 5.92 Å². The number of aromatic nitrogens is 5. The fourth-order valence-corrected chi connectivity index (χ4v) is 3.06. The number of aryl methyl sites for hydroxylation is 1. The molecule has 4 N–H and O–H groups in total. The molecule has 3 heterocycles. The van der Waals surface area contributed by atoms with Crippen molar-refractivity contribution < 1.29 is 9.18 Å². The molecule has 1 amide bonds. The summed E-state index contributed by atoms with van der Waals surface area (Å²) in [7, 11) is 0. The van der Waals surface area contributed by atoms with Gasteiger partial charge >= 0.3 is 0 Å². The Morgan fingerprint density at radius 3 is 2.50 bits per heavy atom. The molecular weight excluding hydrogens is 387 g/mol. The van der Waals surface area contributed by atoms with Crippen molar-refractivity contribution in [2.24, 2.45) is 16.6 Å². The maximum atomic E-state index is 12.4. The lowest BCUT2D eigenvalue weighted by atomic mass is 9.88. The zero-order valence-electron chi connectivity index (χ0n) is 16.7. The molecule has 9 nitrogen and oxygen atoms in total. The monoisotopic (exact) mass is 410 g/mol. The van der Waals surface area contributed by atoms with E-state index in [1.807, 2.05) is 26.0 Å². The number of pyridine rings is 1. The predicted octanol–water partition coefficient (Wildman–Crippen LogP) is 2.22. The van der Waals surface area contributed by atoms with E-state index in [-0.39, 0.29) is 35.7 Å². The molecule has 0 aliphatic carbocycles. The minimum atomic E-state index is -0.568. The molecule has 0 aromatic carbocycles. The van der Waals surface area contributed by atoms with Crippen molar-refractivity contribution in [3.8, 4) is 11.3 Å². The third-order valence-electron chi connectivity index (χ3n) is 4.52. The van der Waals surface area contributed by atoms with Crippen LogP contribution in [0.15, 0.2) is 48.1 Å². The molecule has 0 saturated heterocycles. The van der Waals surface area contributed by atoms with Crippen molar-refractivity contribution in [3.63, 3.8) is 0 Å². The number of hydrogen-bond acceptors (Lipinski definition) is 6. The molecule has 10 heteroatoms. The topological polar surface area (TPSA) is 138 Å². The minimum Gasteiger partial charge on any atom is -0.387 e. The van der Waals surface area contributed by atoms with Gasteiger partial charge < -0.3 is 11.5 Å². The largest absolute Gasteiger partial charge is 0.387 e. The number of nitrogen functional groups attached to an aromatic ring is 1. The first-order chi connectivity index (χ1) is 14.4. The number of halogens is 1. The van der Waals surface area contributed by atoms with Crippen LogP contribution in [-0.2, 0) is 6.54 Å². The third-order valence-corrected chi connectivity index (χ3v) is 4.52. The SMILES string of the molecule is CC(C)C(C(N)=NC(=O)c1cnn(CCF)c1)c1ccc(-c2cnc(N)nc2)nc1. The second-order valence-corrected chi connectivity index (χ2v) is 7.05. The Labute approximate surface area is 173 Å². The van der Waals surface area contributed by atoms with E-state index in [2.05, 4.69) is 25.0 Å². The van der Waals surface area contributed by atoms with Crippen LogP contribution >= 0.6 is 0 Å². The van der Waals surface area contributed by atoms with Crippen molar-refractivity contribution in [2.45, 2.75) is 26.3 Å². The number of nitrogens with zero attached hydrogens (tertiary/aromatic N) is 6. The van der Waals surface area contributed by atoms with Gasteiger partial charge in [-0.25, -0.2) is 14.4 Å². The number of hydrogen-bond donors (Lipinski definition) is 2. The molecule has 0 bridgehead atoms. The van der Waals surface area contributed by atoms with E-state index in [4.69, 9.17) is 11.5 Å². The average Bonchev–Trinajstić information content (AvgIpc) is 3.18.